The van der Waals surface area contributed by atoms with Gasteiger partial charge in [-0.2, -0.15) is 0 Å². The second kappa shape index (κ2) is 8.19. The molecule has 0 atom stereocenters. The first-order valence-electron chi connectivity index (χ1n) is 7.25. The number of carbonyl (C=O) groups is 1. The van der Waals surface area contributed by atoms with Crippen LogP contribution in [0.3, 0.4) is 0 Å². The Bertz CT molecular complexity index is 653. The fourth-order valence-corrected chi connectivity index (χ4v) is 2.23. The normalized spacial score (nSPS) is 10.2. The zero-order valence-electron chi connectivity index (χ0n) is 13.6. The van der Waals surface area contributed by atoms with E-state index in [1.807, 2.05) is 36.4 Å². The molecule has 0 saturated carbocycles. The molecule has 0 fully saturated rings. The minimum Gasteiger partial charge on any atom is -0.497 e. The molecule has 0 bridgehead atoms. The number of rotatable bonds is 7. The lowest BCUT2D eigenvalue weighted by Gasteiger charge is -2.11. The Hall–Kier alpha value is -2.53. The summed E-state index contributed by atoms with van der Waals surface area (Å²) in [6, 6.07) is 13.0. The molecule has 122 valence electrons. The number of methoxy groups -OCH3 is 3. The standard InChI is InChI=1S/C18H21NO4/c1-21-12-13-4-7-15(8-5-13)19-18(20)10-14-6-9-16(22-2)11-17(14)23-3/h4-9,11H,10,12H2,1-3H3,(H,19,20). The van der Waals surface area contributed by atoms with Crippen molar-refractivity contribution in [2.75, 3.05) is 26.6 Å². The van der Waals surface area contributed by atoms with Crippen LogP contribution in [0.15, 0.2) is 42.5 Å². The van der Waals surface area contributed by atoms with Crippen molar-refractivity contribution >= 4 is 11.6 Å². The van der Waals surface area contributed by atoms with Gasteiger partial charge in [0.25, 0.3) is 0 Å². The highest BCUT2D eigenvalue weighted by atomic mass is 16.5. The summed E-state index contributed by atoms with van der Waals surface area (Å²) in [5.41, 5.74) is 2.62. The number of benzene rings is 2. The lowest BCUT2D eigenvalue weighted by molar-refractivity contribution is -0.115. The summed E-state index contributed by atoms with van der Waals surface area (Å²) < 4.78 is 15.5. The summed E-state index contributed by atoms with van der Waals surface area (Å²) in [5.74, 6) is 1.22. The Morgan fingerprint density at radius 3 is 2.35 bits per heavy atom. The summed E-state index contributed by atoms with van der Waals surface area (Å²) in [6.45, 7) is 0.553. The van der Waals surface area contributed by atoms with Gasteiger partial charge < -0.3 is 19.5 Å². The van der Waals surface area contributed by atoms with Gasteiger partial charge in [-0.1, -0.05) is 18.2 Å². The summed E-state index contributed by atoms with van der Waals surface area (Å²) in [6.07, 6.45) is 0.229. The van der Waals surface area contributed by atoms with E-state index in [0.717, 1.165) is 16.8 Å². The number of carbonyl (C=O) groups excluding carboxylic acids is 1. The van der Waals surface area contributed by atoms with Crippen molar-refractivity contribution in [3.63, 3.8) is 0 Å². The first-order valence-corrected chi connectivity index (χ1v) is 7.25. The molecule has 0 heterocycles. The number of anilines is 1. The number of hydrogen-bond donors (Lipinski definition) is 1. The SMILES string of the molecule is COCc1ccc(NC(=O)Cc2ccc(OC)cc2OC)cc1. The zero-order chi connectivity index (χ0) is 16.7. The van der Waals surface area contributed by atoms with Crippen LogP contribution in [-0.4, -0.2) is 27.2 Å². The van der Waals surface area contributed by atoms with Crippen LogP contribution < -0.4 is 14.8 Å². The molecule has 1 N–H and O–H groups in total. The quantitative estimate of drug-likeness (QED) is 0.853. The van der Waals surface area contributed by atoms with Gasteiger partial charge in [0, 0.05) is 24.4 Å². The van der Waals surface area contributed by atoms with Crippen LogP contribution in [0.1, 0.15) is 11.1 Å². The number of nitrogens with one attached hydrogen (secondary N) is 1. The molecule has 0 unspecified atom stereocenters. The molecule has 1 amide bonds. The average Bonchev–Trinajstić information content (AvgIpc) is 2.57. The maximum Gasteiger partial charge on any atom is 0.228 e. The molecule has 5 nitrogen and oxygen atoms in total. The van der Waals surface area contributed by atoms with E-state index in [0.29, 0.717) is 18.1 Å². The Kier molecular flexibility index (Phi) is 6.00. The summed E-state index contributed by atoms with van der Waals surface area (Å²) in [4.78, 5) is 12.2. The summed E-state index contributed by atoms with van der Waals surface area (Å²) in [7, 11) is 4.82. The fraction of sp³-hybridized carbons (Fsp3) is 0.278. The zero-order valence-corrected chi connectivity index (χ0v) is 13.6. The van der Waals surface area contributed by atoms with Gasteiger partial charge in [0.15, 0.2) is 0 Å². The molecule has 0 saturated heterocycles. The van der Waals surface area contributed by atoms with Crippen molar-refractivity contribution in [2.24, 2.45) is 0 Å². The fourth-order valence-electron chi connectivity index (χ4n) is 2.23. The predicted octanol–water partition coefficient (Wildman–Crippen LogP) is 3.03. The van der Waals surface area contributed by atoms with Crippen LogP contribution >= 0.6 is 0 Å². The lowest BCUT2D eigenvalue weighted by atomic mass is 10.1. The molecule has 0 aliphatic heterocycles. The van der Waals surface area contributed by atoms with E-state index < -0.39 is 0 Å². The summed E-state index contributed by atoms with van der Waals surface area (Å²) >= 11 is 0. The van der Waals surface area contributed by atoms with E-state index in [1.54, 1.807) is 27.4 Å². The topological polar surface area (TPSA) is 56.8 Å². The van der Waals surface area contributed by atoms with E-state index in [1.165, 1.54) is 0 Å². The third kappa shape index (κ3) is 4.72. The highest BCUT2D eigenvalue weighted by Gasteiger charge is 2.10. The molecule has 0 aliphatic rings. The first kappa shape index (κ1) is 16.8. The second-order valence-corrected chi connectivity index (χ2v) is 5.03. The van der Waals surface area contributed by atoms with Crippen molar-refractivity contribution in [1.29, 1.82) is 0 Å². The van der Waals surface area contributed by atoms with Crippen LogP contribution in [0.5, 0.6) is 11.5 Å². The Balaban J connectivity index is 2.01. The van der Waals surface area contributed by atoms with Gasteiger partial charge in [0.2, 0.25) is 5.91 Å². The molecule has 23 heavy (non-hydrogen) atoms. The minimum absolute atomic E-state index is 0.104. The largest absolute Gasteiger partial charge is 0.497 e. The number of amides is 1. The minimum atomic E-state index is -0.104. The Morgan fingerprint density at radius 2 is 1.74 bits per heavy atom. The van der Waals surface area contributed by atoms with Gasteiger partial charge in [0.1, 0.15) is 11.5 Å². The highest BCUT2D eigenvalue weighted by molar-refractivity contribution is 5.92. The third-order valence-corrected chi connectivity index (χ3v) is 3.39. The number of ether oxygens (including phenoxy) is 3. The van der Waals surface area contributed by atoms with Gasteiger partial charge in [-0.05, 0) is 23.8 Å². The first-order chi connectivity index (χ1) is 11.2. The lowest BCUT2D eigenvalue weighted by Crippen LogP contribution is -2.15. The van der Waals surface area contributed by atoms with Crippen molar-refractivity contribution in [2.45, 2.75) is 13.0 Å². The molecule has 0 aromatic heterocycles. The Morgan fingerprint density at radius 1 is 1.00 bits per heavy atom. The predicted molar refractivity (Wildman–Crippen MR) is 89.0 cm³/mol. The van der Waals surface area contributed by atoms with Gasteiger partial charge in [-0.25, -0.2) is 0 Å². The van der Waals surface area contributed by atoms with Crippen LogP contribution in [0, 0.1) is 0 Å². The molecular formula is C18H21NO4. The highest BCUT2D eigenvalue weighted by Crippen LogP contribution is 2.25. The van der Waals surface area contributed by atoms with Crippen molar-refractivity contribution < 1.29 is 19.0 Å². The molecule has 0 aliphatic carbocycles. The molecule has 0 spiro atoms. The van der Waals surface area contributed by atoms with Crippen molar-refractivity contribution in [3.8, 4) is 11.5 Å². The van der Waals surface area contributed by atoms with Crippen LogP contribution in [0.4, 0.5) is 5.69 Å². The van der Waals surface area contributed by atoms with Crippen LogP contribution in [-0.2, 0) is 22.6 Å². The molecule has 0 radical (unpaired) electrons. The molecule has 5 heteroatoms. The monoisotopic (exact) mass is 315 g/mol. The van der Waals surface area contributed by atoms with E-state index in [-0.39, 0.29) is 12.3 Å². The molecular weight excluding hydrogens is 294 g/mol. The van der Waals surface area contributed by atoms with Gasteiger partial charge in [-0.15, -0.1) is 0 Å². The summed E-state index contributed by atoms with van der Waals surface area (Å²) in [5, 5.41) is 2.87. The van der Waals surface area contributed by atoms with E-state index in [2.05, 4.69) is 5.32 Å². The van der Waals surface area contributed by atoms with Crippen LogP contribution in [0.25, 0.3) is 0 Å². The van der Waals surface area contributed by atoms with Crippen molar-refractivity contribution in [1.82, 2.24) is 0 Å². The maximum absolute atomic E-state index is 12.2. The molecule has 2 rings (SSSR count). The average molecular weight is 315 g/mol. The van der Waals surface area contributed by atoms with Gasteiger partial charge >= 0.3 is 0 Å². The maximum atomic E-state index is 12.2. The number of hydrogen-bond acceptors (Lipinski definition) is 4. The van der Waals surface area contributed by atoms with Gasteiger partial charge in [-0.3, -0.25) is 4.79 Å². The van der Waals surface area contributed by atoms with E-state index in [9.17, 15) is 4.79 Å². The molecule has 2 aromatic carbocycles. The molecule has 2 aromatic rings. The Labute approximate surface area is 136 Å². The van der Waals surface area contributed by atoms with E-state index >= 15 is 0 Å². The van der Waals surface area contributed by atoms with Gasteiger partial charge in [0.05, 0.1) is 27.2 Å². The second-order valence-electron chi connectivity index (χ2n) is 5.03. The van der Waals surface area contributed by atoms with Crippen LogP contribution in [0.2, 0.25) is 0 Å². The smallest absolute Gasteiger partial charge is 0.228 e. The van der Waals surface area contributed by atoms with E-state index in [4.69, 9.17) is 14.2 Å². The third-order valence-electron chi connectivity index (χ3n) is 3.39. The van der Waals surface area contributed by atoms with Crippen molar-refractivity contribution in [3.05, 3.63) is 53.6 Å².